The highest BCUT2D eigenvalue weighted by molar-refractivity contribution is 7.89. The van der Waals surface area contributed by atoms with Crippen molar-refractivity contribution in [3.8, 4) is 0 Å². The van der Waals surface area contributed by atoms with Gasteiger partial charge in [0.2, 0.25) is 10.0 Å². The minimum absolute atomic E-state index is 0.410. The molecule has 4 nitrogen and oxygen atoms in total. The second-order valence-corrected chi connectivity index (χ2v) is 6.83. The van der Waals surface area contributed by atoms with Crippen LogP contribution < -0.4 is 5.32 Å². The predicted octanol–water partition coefficient (Wildman–Crippen LogP) is 1.23. The fourth-order valence-corrected chi connectivity index (χ4v) is 4.03. The molecule has 1 aromatic carbocycles. The van der Waals surface area contributed by atoms with Gasteiger partial charge in [0.15, 0.2) is 0 Å². The van der Waals surface area contributed by atoms with Gasteiger partial charge >= 0.3 is 0 Å². The Balaban J connectivity index is 2.18. The highest BCUT2D eigenvalue weighted by Gasteiger charge is 2.31. The van der Waals surface area contributed by atoms with Crippen molar-refractivity contribution < 1.29 is 8.42 Å². The highest BCUT2D eigenvalue weighted by atomic mass is 32.2. The summed E-state index contributed by atoms with van der Waals surface area (Å²) in [7, 11) is -1.41. The van der Waals surface area contributed by atoms with Gasteiger partial charge in [0.05, 0.1) is 4.90 Å². The lowest BCUT2D eigenvalue weighted by molar-refractivity contribution is 0.451. The van der Waals surface area contributed by atoms with Gasteiger partial charge < -0.3 is 5.32 Å². The van der Waals surface area contributed by atoms with E-state index in [0.29, 0.717) is 23.9 Å². The number of rotatable bonds is 4. The normalized spacial score (nSPS) is 21.3. The molecule has 0 aliphatic carbocycles. The van der Waals surface area contributed by atoms with Crippen LogP contribution in [0.1, 0.15) is 12.0 Å². The molecule has 0 saturated carbocycles. The van der Waals surface area contributed by atoms with E-state index in [1.807, 2.05) is 20.0 Å². The molecular formula is C13H20N2O2S. The van der Waals surface area contributed by atoms with Crippen molar-refractivity contribution in [3.05, 3.63) is 29.8 Å². The summed E-state index contributed by atoms with van der Waals surface area (Å²) >= 11 is 0. The average Bonchev–Trinajstić information content (AvgIpc) is 2.79. The van der Waals surface area contributed by atoms with Gasteiger partial charge in [0.25, 0.3) is 0 Å². The van der Waals surface area contributed by atoms with Gasteiger partial charge in [-0.2, -0.15) is 4.31 Å². The molecule has 1 unspecified atom stereocenters. The van der Waals surface area contributed by atoms with E-state index >= 15 is 0 Å². The summed E-state index contributed by atoms with van der Waals surface area (Å²) in [6, 6.07) is 7.12. The Kier molecular flexibility index (Phi) is 4.04. The lowest BCUT2D eigenvalue weighted by atomic mass is 10.1. The molecule has 0 radical (unpaired) electrons. The summed E-state index contributed by atoms with van der Waals surface area (Å²) in [4.78, 5) is 0.410. The van der Waals surface area contributed by atoms with Crippen molar-refractivity contribution in [1.82, 2.24) is 9.62 Å². The number of hydrogen-bond donors (Lipinski definition) is 1. The number of nitrogens with one attached hydrogen (secondary N) is 1. The average molecular weight is 268 g/mol. The molecule has 0 aromatic heterocycles. The van der Waals surface area contributed by atoms with Crippen LogP contribution in [0.15, 0.2) is 29.2 Å². The molecule has 1 aliphatic rings. The van der Waals surface area contributed by atoms with E-state index in [1.54, 1.807) is 22.5 Å². The van der Waals surface area contributed by atoms with E-state index in [2.05, 4.69) is 5.32 Å². The number of nitrogens with zero attached hydrogens (tertiary/aromatic N) is 1. The van der Waals surface area contributed by atoms with E-state index in [0.717, 1.165) is 18.5 Å². The van der Waals surface area contributed by atoms with Gasteiger partial charge in [-0.3, -0.25) is 0 Å². The molecule has 0 amide bonds. The fourth-order valence-electron chi connectivity index (χ4n) is 2.40. The molecule has 1 N–H and O–H groups in total. The quantitative estimate of drug-likeness (QED) is 0.893. The predicted molar refractivity (Wildman–Crippen MR) is 72.0 cm³/mol. The van der Waals surface area contributed by atoms with Crippen molar-refractivity contribution in [3.63, 3.8) is 0 Å². The Morgan fingerprint density at radius 1 is 1.44 bits per heavy atom. The topological polar surface area (TPSA) is 49.4 Å². The van der Waals surface area contributed by atoms with Crippen molar-refractivity contribution >= 4 is 10.0 Å². The SMILES string of the molecule is CNCC1CCN(S(=O)(=O)c2cccc(C)c2)C1. The van der Waals surface area contributed by atoms with Crippen LogP contribution >= 0.6 is 0 Å². The van der Waals surface area contributed by atoms with Gasteiger partial charge in [0.1, 0.15) is 0 Å². The number of benzene rings is 1. The Bertz CT molecular complexity index is 513. The summed E-state index contributed by atoms with van der Waals surface area (Å²) in [6.45, 7) is 4.03. The first kappa shape index (κ1) is 13.5. The zero-order valence-corrected chi connectivity index (χ0v) is 11.7. The smallest absolute Gasteiger partial charge is 0.243 e. The Hall–Kier alpha value is -0.910. The molecule has 0 bridgehead atoms. The van der Waals surface area contributed by atoms with Gasteiger partial charge in [-0.25, -0.2) is 8.42 Å². The molecule has 1 aromatic rings. The van der Waals surface area contributed by atoms with Crippen LogP contribution in [0, 0.1) is 12.8 Å². The van der Waals surface area contributed by atoms with Crippen LogP contribution in [-0.4, -0.2) is 39.4 Å². The summed E-state index contributed by atoms with van der Waals surface area (Å²) in [5.41, 5.74) is 0.974. The van der Waals surface area contributed by atoms with Gasteiger partial charge in [-0.1, -0.05) is 12.1 Å². The Morgan fingerprint density at radius 3 is 2.89 bits per heavy atom. The van der Waals surface area contributed by atoms with E-state index in [9.17, 15) is 8.42 Å². The summed E-state index contributed by atoms with van der Waals surface area (Å²) in [5.74, 6) is 0.426. The first-order valence-electron chi connectivity index (χ1n) is 6.25. The van der Waals surface area contributed by atoms with Crippen LogP contribution in [0.25, 0.3) is 0 Å². The molecule has 5 heteroatoms. The van der Waals surface area contributed by atoms with E-state index in [1.165, 1.54) is 0 Å². The zero-order chi connectivity index (χ0) is 13.2. The number of sulfonamides is 1. The molecule has 2 rings (SSSR count). The standard InChI is InChI=1S/C13H20N2O2S/c1-11-4-3-5-13(8-11)18(16,17)15-7-6-12(10-15)9-14-2/h3-5,8,12,14H,6-7,9-10H2,1-2H3. The number of hydrogen-bond acceptors (Lipinski definition) is 3. The van der Waals surface area contributed by atoms with Gasteiger partial charge in [0, 0.05) is 13.1 Å². The molecule has 18 heavy (non-hydrogen) atoms. The van der Waals surface area contributed by atoms with Crippen LogP contribution in [0.5, 0.6) is 0 Å². The zero-order valence-electron chi connectivity index (χ0n) is 10.9. The largest absolute Gasteiger partial charge is 0.319 e. The van der Waals surface area contributed by atoms with Crippen LogP contribution in [0.2, 0.25) is 0 Å². The third-order valence-corrected chi connectivity index (χ3v) is 5.23. The monoisotopic (exact) mass is 268 g/mol. The van der Waals surface area contributed by atoms with E-state index in [-0.39, 0.29) is 0 Å². The Labute approximate surface area is 109 Å². The molecule has 1 aliphatic heterocycles. The summed E-state index contributed by atoms with van der Waals surface area (Å²) < 4.78 is 26.5. The first-order chi connectivity index (χ1) is 8.54. The molecule has 100 valence electrons. The second-order valence-electron chi connectivity index (χ2n) is 4.89. The molecule has 1 atom stereocenters. The van der Waals surface area contributed by atoms with E-state index in [4.69, 9.17) is 0 Å². The van der Waals surface area contributed by atoms with Crippen molar-refractivity contribution in [1.29, 1.82) is 0 Å². The maximum absolute atomic E-state index is 12.4. The minimum atomic E-state index is -3.31. The maximum Gasteiger partial charge on any atom is 0.243 e. The lowest BCUT2D eigenvalue weighted by Gasteiger charge is -2.17. The van der Waals surface area contributed by atoms with Crippen LogP contribution in [0.3, 0.4) is 0 Å². The Morgan fingerprint density at radius 2 is 2.22 bits per heavy atom. The van der Waals surface area contributed by atoms with Gasteiger partial charge in [-0.05, 0) is 50.6 Å². The molecular weight excluding hydrogens is 248 g/mol. The molecule has 1 heterocycles. The van der Waals surface area contributed by atoms with Crippen LogP contribution in [-0.2, 0) is 10.0 Å². The lowest BCUT2D eigenvalue weighted by Crippen LogP contribution is -2.30. The molecule has 1 saturated heterocycles. The third kappa shape index (κ3) is 2.74. The van der Waals surface area contributed by atoms with E-state index < -0.39 is 10.0 Å². The van der Waals surface area contributed by atoms with Crippen LogP contribution in [0.4, 0.5) is 0 Å². The highest BCUT2D eigenvalue weighted by Crippen LogP contribution is 2.24. The first-order valence-corrected chi connectivity index (χ1v) is 7.69. The van der Waals surface area contributed by atoms with Crippen molar-refractivity contribution in [2.45, 2.75) is 18.2 Å². The molecule has 1 fully saturated rings. The molecule has 0 spiro atoms. The maximum atomic E-state index is 12.4. The minimum Gasteiger partial charge on any atom is -0.319 e. The van der Waals surface area contributed by atoms with Crippen molar-refractivity contribution in [2.75, 3.05) is 26.7 Å². The van der Waals surface area contributed by atoms with Crippen molar-refractivity contribution in [2.24, 2.45) is 5.92 Å². The van der Waals surface area contributed by atoms with Gasteiger partial charge in [-0.15, -0.1) is 0 Å². The fraction of sp³-hybridized carbons (Fsp3) is 0.538. The second kappa shape index (κ2) is 5.38. The summed E-state index contributed by atoms with van der Waals surface area (Å²) in [6.07, 6.45) is 0.936. The third-order valence-electron chi connectivity index (χ3n) is 3.37. The summed E-state index contributed by atoms with van der Waals surface area (Å²) in [5, 5.41) is 3.11. The number of aryl methyl sites for hydroxylation is 1.